The van der Waals surface area contributed by atoms with E-state index >= 15 is 0 Å². The lowest BCUT2D eigenvalue weighted by atomic mass is 10.2. The maximum Gasteiger partial charge on any atom is 0.475 e. The zero-order valence-electron chi connectivity index (χ0n) is 11.5. The zero-order chi connectivity index (χ0) is 13.0. The number of phosphoric acid groups is 1. The molecule has 0 aromatic carbocycles. The first-order valence-corrected chi connectivity index (χ1v) is 7.09. The molecule has 0 aromatic rings. The van der Waals surface area contributed by atoms with Gasteiger partial charge in [-0.2, -0.15) is 0 Å². The van der Waals surface area contributed by atoms with E-state index in [1.165, 1.54) is 0 Å². The van der Waals surface area contributed by atoms with Crippen LogP contribution in [0.25, 0.3) is 0 Å². The number of rotatable bonds is 5. The van der Waals surface area contributed by atoms with Crippen LogP contribution in [-0.2, 0) is 18.1 Å². The molecule has 0 aliphatic heterocycles. The molecule has 0 saturated carbocycles. The van der Waals surface area contributed by atoms with Crippen LogP contribution in [0.5, 0.6) is 0 Å². The summed E-state index contributed by atoms with van der Waals surface area (Å²) in [5.74, 6) is 0. The smallest absolute Gasteiger partial charge is 0.287 e. The molecule has 0 amide bonds. The van der Waals surface area contributed by atoms with Crippen molar-refractivity contribution in [3.05, 3.63) is 0 Å². The van der Waals surface area contributed by atoms with Crippen LogP contribution in [-0.4, -0.2) is 17.8 Å². The van der Waals surface area contributed by atoms with Crippen LogP contribution >= 0.6 is 7.82 Å². The van der Waals surface area contributed by atoms with Crippen molar-refractivity contribution in [3.8, 4) is 0 Å². The Kier molecular flexibility index (Phi) is 5.67. The van der Waals surface area contributed by atoms with Gasteiger partial charge in [-0.25, -0.2) is 4.57 Å². The predicted molar refractivity (Wildman–Crippen MR) is 65.5 cm³/mol. The highest BCUT2D eigenvalue weighted by atomic mass is 31.2. The Morgan fingerprint density at radius 1 is 0.938 bits per heavy atom. The molecule has 0 rings (SSSR count). The Labute approximate surface area is 99.3 Å². The fraction of sp³-hybridized carbons (Fsp3) is 1.00. The zero-order valence-corrected chi connectivity index (χ0v) is 12.4. The van der Waals surface area contributed by atoms with Crippen LogP contribution in [0.4, 0.5) is 0 Å². The highest BCUT2D eigenvalue weighted by Gasteiger charge is 2.36. The van der Waals surface area contributed by atoms with Gasteiger partial charge in [-0.1, -0.05) is 6.92 Å². The van der Waals surface area contributed by atoms with E-state index in [0.29, 0.717) is 6.61 Å². The third-order valence-electron chi connectivity index (χ3n) is 1.22. The molecule has 16 heavy (non-hydrogen) atoms. The molecule has 0 heterocycles. The molecule has 4 nitrogen and oxygen atoms in total. The van der Waals surface area contributed by atoms with Crippen molar-refractivity contribution >= 4 is 7.82 Å². The number of phosphoric ester groups is 1. The monoisotopic (exact) mass is 252 g/mol. The van der Waals surface area contributed by atoms with Gasteiger partial charge in [-0.05, 0) is 48.0 Å². The molecule has 98 valence electrons. The van der Waals surface area contributed by atoms with Crippen LogP contribution in [0.3, 0.4) is 0 Å². The van der Waals surface area contributed by atoms with E-state index in [1.54, 1.807) is 0 Å². The van der Waals surface area contributed by atoms with Gasteiger partial charge in [0.1, 0.15) is 0 Å². The van der Waals surface area contributed by atoms with Gasteiger partial charge in [0, 0.05) is 0 Å². The second kappa shape index (κ2) is 5.63. The highest BCUT2D eigenvalue weighted by molar-refractivity contribution is 7.48. The Bertz CT molecular complexity index is 230. The molecule has 0 aromatic heterocycles. The molecule has 0 saturated heterocycles. The van der Waals surface area contributed by atoms with Gasteiger partial charge in [-0.15, -0.1) is 0 Å². The second-order valence-electron chi connectivity index (χ2n) is 5.69. The van der Waals surface area contributed by atoms with Crippen molar-refractivity contribution in [2.75, 3.05) is 6.61 Å². The topological polar surface area (TPSA) is 44.8 Å². The highest BCUT2D eigenvalue weighted by Crippen LogP contribution is 2.55. The Morgan fingerprint density at radius 3 is 1.56 bits per heavy atom. The largest absolute Gasteiger partial charge is 0.475 e. The summed E-state index contributed by atoms with van der Waals surface area (Å²) in [4.78, 5) is 0. The third-order valence-corrected chi connectivity index (χ3v) is 3.27. The minimum atomic E-state index is -3.48. The first-order valence-electron chi connectivity index (χ1n) is 5.63. The number of hydrogen-bond acceptors (Lipinski definition) is 4. The van der Waals surface area contributed by atoms with Crippen LogP contribution in [0, 0.1) is 0 Å². The van der Waals surface area contributed by atoms with Gasteiger partial charge in [0.25, 0.3) is 0 Å². The maximum absolute atomic E-state index is 12.3. The molecule has 0 radical (unpaired) electrons. The molecule has 0 bridgehead atoms. The molecule has 5 heteroatoms. The van der Waals surface area contributed by atoms with E-state index in [9.17, 15) is 4.57 Å². The van der Waals surface area contributed by atoms with Crippen LogP contribution in [0.2, 0.25) is 0 Å². The van der Waals surface area contributed by atoms with E-state index in [-0.39, 0.29) is 0 Å². The molecular formula is C11H25O4P. The van der Waals surface area contributed by atoms with E-state index in [4.69, 9.17) is 13.6 Å². The maximum atomic E-state index is 12.3. The van der Waals surface area contributed by atoms with Gasteiger partial charge < -0.3 is 0 Å². The summed E-state index contributed by atoms with van der Waals surface area (Å²) in [6.07, 6.45) is 0.769. The van der Waals surface area contributed by atoms with Gasteiger partial charge in [0.15, 0.2) is 0 Å². The van der Waals surface area contributed by atoms with E-state index in [1.807, 2.05) is 48.5 Å². The third kappa shape index (κ3) is 8.28. The molecule has 0 unspecified atom stereocenters. The number of hydrogen-bond donors (Lipinski definition) is 0. The van der Waals surface area contributed by atoms with E-state index in [0.717, 1.165) is 6.42 Å². The Morgan fingerprint density at radius 2 is 1.31 bits per heavy atom. The minimum Gasteiger partial charge on any atom is -0.287 e. The molecule has 0 aliphatic rings. The standard InChI is InChI=1S/C11H25O4P/c1-8-9-13-16(12,14-10(2,3)4)15-11(5,6)7/h8-9H2,1-7H3. The quantitative estimate of drug-likeness (QED) is 0.689. The van der Waals surface area contributed by atoms with E-state index < -0.39 is 19.0 Å². The summed E-state index contributed by atoms with van der Waals surface area (Å²) < 4.78 is 28.4. The molecule has 0 fully saturated rings. The first kappa shape index (κ1) is 16.1. The normalized spacial score (nSPS) is 14.2. The van der Waals surface area contributed by atoms with Gasteiger partial charge in [0.05, 0.1) is 17.8 Å². The lowest BCUT2D eigenvalue weighted by molar-refractivity contribution is 0.00346. The fourth-order valence-corrected chi connectivity index (χ4v) is 2.84. The summed E-state index contributed by atoms with van der Waals surface area (Å²) in [7, 11) is -3.48. The lowest BCUT2D eigenvalue weighted by Crippen LogP contribution is -2.24. The second-order valence-corrected chi connectivity index (χ2v) is 7.21. The molecule has 0 spiro atoms. The summed E-state index contributed by atoms with van der Waals surface area (Å²) >= 11 is 0. The fourth-order valence-electron chi connectivity index (χ4n) is 0.945. The van der Waals surface area contributed by atoms with Crippen LogP contribution in [0.15, 0.2) is 0 Å². The molecular weight excluding hydrogens is 227 g/mol. The van der Waals surface area contributed by atoms with Crippen molar-refractivity contribution in [3.63, 3.8) is 0 Å². The summed E-state index contributed by atoms with van der Waals surface area (Å²) in [5, 5.41) is 0. The molecule has 0 atom stereocenters. The lowest BCUT2D eigenvalue weighted by Gasteiger charge is -2.30. The van der Waals surface area contributed by atoms with Crippen LogP contribution in [0.1, 0.15) is 54.9 Å². The van der Waals surface area contributed by atoms with Gasteiger partial charge in [-0.3, -0.25) is 13.6 Å². The van der Waals surface area contributed by atoms with E-state index in [2.05, 4.69) is 0 Å². The van der Waals surface area contributed by atoms with Crippen molar-refractivity contribution in [2.45, 2.75) is 66.1 Å². The molecule has 0 aliphatic carbocycles. The van der Waals surface area contributed by atoms with Crippen molar-refractivity contribution in [1.29, 1.82) is 0 Å². The Balaban J connectivity index is 4.69. The van der Waals surface area contributed by atoms with Gasteiger partial charge >= 0.3 is 7.82 Å². The van der Waals surface area contributed by atoms with Crippen molar-refractivity contribution in [2.24, 2.45) is 0 Å². The first-order chi connectivity index (χ1) is 6.97. The minimum absolute atomic E-state index is 0.365. The van der Waals surface area contributed by atoms with Crippen molar-refractivity contribution < 1.29 is 18.1 Å². The summed E-state index contributed by atoms with van der Waals surface area (Å²) in [6, 6.07) is 0. The summed E-state index contributed by atoms with van der Waals surface area (Å²) in [5.41, 5.74) is -1.12. The van der Waals surface area contributed by atoms with Crippen LogP contribution < -0.4 is 0 Å². The van der Waals surface area contributed by atoms with Gasteiger partial charge in [0.2, 0.25) is 0 Å². The Hall–Kier alpha value is 0.110. The SMILES string of the molecule is CCCOP(=O)(OC(C)(C)C)OC(C)(C)C. The average molecular weight is 252 g/mol. The summed E-state index contributed by atoms with van der Waals surface area (Å²) in [6.45, 7) is 13.2. The predicted octanol–water partition coefficient (Wildman–Crippen LogP) is 4.15. The average Bonchev–Trinajstić information content (AvgIpc) is 1.93. The molecule has 0 N–H and O–H groups in total. The van der Waals surface area contributed by atoms with Crippen molar-refractivity contribution in [1.82, 2.24) is 0 Å².